The van der Waals surface area contributed by atoms with E-state index in [-0.39, 0.29) is 16.7 Å². The zero-order chi connectivity index (χ0) is 23.8. The number of benzene rings is 3. The Morgan fingerprint density at radius 3 is 1.82 bits per heavy atom. The minimum absolute atomic E-state index is 0.122. The molecule has 3 aromatic rings. The number of nitrogens with one attached hydrogen (secondary N) is 1. The fourth-order valence-electron chi connectivity index (χ4n) is 3.44. The largest absolute Gasteiger partial charge is 0.453 e. The number of rotatable bonds is 3. The number of amidine groups is 1. The zero-order valence-electron chi connectivity index (χ0n) is 18.3. The molecule has 1 atom stereocenters. The molecule has 4 nitrogen and oxygen atoms in total. The normalized spacial score (nSPS) is 19.9. The van der Waals surface area contributed by atoms with Crippen molar-refractivity contribution < 1.29 is 17.9 Å². The Morgan fingerprint density at radius 2 is 1.30 bits per heavy atom. The fraction of sp³-hybridized carbons (Fsp3) is 0.200. The average molecular weight is 470 g/mol. The van der Waals surface area contributed by atoms with Gasteiger partial charge in [0.25, 0.3) is 0 Å². The number of nitrogens with zero attached hydrogens (tertiary/aromatic N) is 2. The van der Waals surface area contributed by atoms with Crippen molar-refractivity contribution in [2.45, 2.75) is 32.7 Å². The molecule has 4 rings (SSSR count). The number of hydrogen-bond donors (Lipinski definition) is 1. The molecule has 0 aromatic heterocycles. The number of aryl methyl sites for hydroxylation is 3. The van der Waals surface area contributed by atoms with E-state index in [1.165, 1.54) is 17.0 Å². The predicted molar refractivity (Wildman–Crippen MR) is 128 cm³/mol. The average Bonchev–Trinajstić information content (AvgIpc) is 2.76. The van der Waals surface area contributed by atoms with Crippen molar-refractivity contribution >= 4 is 34.7 Å². The van der Waals surface area contributed by atoms with Crippen molar-refractivity contribution in [3.05, 3.63) is 95.1 Å². The molecule has 33 heavy (non-hydrogen) atoms. The minimum atomic E-state index is -4.83. The van der Waals surface area contributed by atoms with Crippen LogP contribution in [0.15, 0.2) is 77.8 Å². The molecule has 170 valence electrons. The Kier molecular flexibility index (Phi) is 5.88. The van der Waals surface area contributed by atoms with E-state index in [1.807, 2.05) is 38.1 Å². The quantitative estimate of drug-likeness (QED) is 0.449. The van der Waals surface area contributed by atoms with Crippen LogP contribution in [0.25, 0.3) is 0 Å². The van der Waals surface area contributed by atoms with Gasteiger partial charge in [-0.15, -0.1) is 0 Å². The summed E-state index contributed by atoms with van der Waals surface area (Å²) in [5, 5.41) is 2.25. The first-order valence-electron chi connectivity index (χ1n) is 10.3. The second kappa shape index (κ2) is 8.51. The number of aliphatic imine (C=N–C) groups is 1. The summed E-state index contributed by atoms with van der Waals surface area (Å²) in [5.41, 5.74) is 0.786. The molecule has 0 spiro atoms. The number of halogens is 3. The minimum Gasteiger partial charge on any atom is -0.423 e. The maximum atomic E-state index is 14.6. The van der Waals surface area contributed by atoms with Gasteiger partial charge in [-0.2, -0.15) is 18.2 Å². The molecule has 1 N–H and O–H groups in total. The van der Waals surface area contributed by atoms with Crippen LogP contribution in [0, 0.1) is 20.8 Å². The lowest BCUT2D eigenvalue weighted by atomic mass is 10.00. The van der Waals surface area contributed by atoms with Gasteiger partial charge < -0.3 is 10.1 Å². The van der Waals surface area contributed by atoms with E-state index in [1.54, 1.807) is 43.3 Å². The number of alkyl halides is 3. The summed E-state index contributed by atoms with van der Waals surface area (Å²) in [4.78, 5) is 5.80. The van der Waals surface area contributed by atoms with Crippen molar-refractivity contribution in [1.82, 2.24) is 5.32 Å². The van der Waals surface area contributed by atoms with E-state index in [4.69, 9.17) is 17.0 Å². The van der Waals surface area contributed by atoms with Crippen molar-refractivity contribution in [3.63, 3.8) is 0 Å². The second-order valence-electron chi connectivity index (χ2n) is 7.98. The Labute approximate surface area is 195 Å². The van der Waals surface area contributed by atoms with E-state index < -0.39 is 11.9 Å². The molecule has 0 aliphatic carbocycles. The zero-order valence-corrected chi connectivity index (χ0v) is 19.1. The van der Waals surface area contributed by atoms with Crippen LogP contribution in [0.2, 0.25) is 0 Å². The molecule has 1 fully saturated rings. The molecule has 0 amide bonds. The molecular weight excluding hydrogens is 447 g/mol. The molecule has 3 aromatic carbocycles. The summed E-state index contributed by atoms with van der Waals surface area (Å²) < 4.78 is 49.5. The number of thiocarbonyl (C=S) groups is 1. The maximum Gasteiger partial charge on any atom is 0.453 e. The maximum absolute atomic E-state index is 14.6. The SMILES string of the molecule is Cc1ccc(N=C2OC(c3ccc(C)cc3)(C(F)(F)F)NC(=S)N2c2ccc(C)cc2)cc1. The van der Waals surface area contributed by atoms with Crippen LogP contribution in [-0.4, -0.2) is 17.3 Å². The highest BCUT2D eigenvalue weighted by Crippen LogP contribution is 2.43. The smallest absolute Gasteiger partial charge is 0.423 e. The van der Waals surface area contributed by atoms with Crippen LogP contribution in [0.1, 0.15) is 22.3 Å². The third-order valence-corrected chi connectivity index (χ3v) is 5.61. The predicted octanol–water partition coefficient (Wildman–Crippen LogP) is 6.43. The van der Waals surface area contributed by atoms with E-state index in [0.717, 1.165) is 16.7 Å². The van der Waals surface area contributed by atoms with E-state index in [9.17, 15) is 13.2 Å². The van der Waals surface area contributed by atoms with Gasteiger partial charge in [0.05, 0.1) is 11.4 Å². The highest BCUT2D eigenvalue weighted by molar-refractivity contribution is 7.80. The summed E-state index contributed by atoms with van der Waals surface area (Å²) in [6.07, 6.45) is -4.83. The van der Waals surface area contributed by atoms with Gasteiger partial charge in [0, 0.05) is 5.56 Å². The van der Waals surface area contributed by atoms with E-state index >= 15 is 0 Å². The lowest BCUT2D eigenvalue weighted by molar-refractivity contribution is -0.268. The third-order valence-electron chi connectivity index (χ3n) is 5.33. The van der Waals surface area contributed by atoms with Crippen molar-refractivity contribution in [2.24, 2.45) is 4.99 Å². The molecule has 1 aliphatic heterocycles. The number of hydrogen-bond acceptors (Lipinski definition) is 3. The highest BCUT2D eigenvalue weighted by atomic mass is 32.1. The van der Waals surface area contributed by atoms with Gasteiger partial charge in [-0.3, -0.25) is 0 Å². The van der Waals surface area contributed by atoms with Crippen LogP contribution in [-0.2, 0) is 10.5 Å². The van der Waals surface area contributed by atoms with Crippen molar-refractivity contribution in [2.75, 3.05) is 4.90 Å². The first kappa shape index (κ1) is 22.8. The number of anilines is 1. The monoisotopic (exact) mass is 469 g/mol. The van der Waals surface area contributed by atoms with Crippen LogP contribution in [0.4, 0.5) is 24.5 Å². The Balaban J connectivity index is 1.89. The van der Waals surface area contributed by atoms with Gasteiger partial charge in [0.15, 0.2) is 5.11 Å². The highest BCUT2D eigenvalue weighted by Gasteiger charge is 2.63. The van der Waals surface area contributed by atoms with Gasteiger partial charge in [-0.1, -0.05) is 65.2 Å². The standard InChI is InChI=1S/C25H22F3N3OS/c1-16-4-10-19(11-5-16)24(25(26,27)28)30-23(33)31(21-14-8-18(3)9-15-21)22(32-24)29-20-12-6-17(2)7-13-20/h4-15H,1-3H3,(H,30,33). The molecule has 0 radical (unpaired) electrons. The third kappa shape index (κ3) is 4.43. The van der Waals surface area contributed by atoms with Crippen LogP contribution >= 0.6 is 12.2 Å². The Morgan fingerprint density at radius 1 is 0.818 bits per heavy atom. The first-order chi connectivity index (χ1) is 15.6. The Hall–Kier alpha value is -3.39. The molecule has 1 saturated heterocycles. The summed E-state index contributed by atoms with van der Waals surface area (Å²) >= 11 is 5.45. The van der Waals surface area contributed by atoms with Crippen LogP contribution in [0.3, 0.4) is 0 Å². The van der Waals surface area contributed by atoms with Crippen LogP contribution < -0.4 is 10.2 Å². The molecule has 1 unspecified atom stereocenters. The van der Waals surface area contributed by atoms with E-state index in [2.05, 4.69) is 10.3 Å². The lowest BCUT2D eigenvalue weighted by Crippen LogP contribution is -2.67. The van der Waals surface area contributed by atoms with Gasteiger partial charge in [-0.05, 0) is 57.3 Å². The molecule has 1 heterocycles. The van der Waals surface area contributed by atoms with Crippen molar-refractivity contribution in [1.29, 1.82) is 0 Å². The van der Waals surface area contributed by atoms with Gasteiger partial charge in [0.2, 0.25) is 0 Å². The second-order valence-corrected chi connectivity index (χ2v) is 8.36. The molecule has 8 heteroatoms. The Bertz CT molecular complexity index is 1190. The number of ether oxygens (including phenoxy) is 1. The molecule has 0 bridgehead atoms. The topological polar surface area (TPSA) is 36.9 Å². The van der Waals surface area contributed by atoms with E-state index in [0.29, 0.717) is 11.4 Å². The molecule has 1 aliphatic rings. The first-order valence-corrected chi connectivity index (χ1v) is 10.7. The van der Waals surface area contributed by atoms with Gasteiger partial charge in [-0.25, -0.2) is 4.90 Å². The summed E-state index contributed by atoms with van der Waals surface area (Å²) in [6, 6.07) is 19.9. The van der Waals surface area contributed by atoms with Gasteiger partial charge in [0.1, 0.15) is 0 Å². The van der Waals surface area contributed by atoms with Gasteiger partial charge >= 0.3 is 17.9 Å². The summed E-state index contributed by atoms with van der Waals surface area (Å²) in [7, 11) is 0. The summed E-state index contributed by atoms with van der Waals surface area (Å²) in [5.74, 6) is 0. The fourth-order valence-corrected chi connectivity index (χ4v) is 3.76. The lowest BCUT2D eigenvalue weighted by Gasteiger charge is -2.45. The van der Waals surface area contributed by atoms with Crippen molar-refractivity contribution in [3.8, 4) is 0 Å². The molecule has 0 saturated carbocycles. The summed E-state index contributed by atoms with van der Waals surface area (Å²) in [6.45, 7) is 5.63. The molecular formula is C25H22F3N3OS. The van der Waals surface area contributed by atoms with Crippen LogP contribution in [0.5, 0.6) is 0 Å².